The van der Waals surface area contributed by atoms with E-state index >= 15 is 0 Å². The number of nitrogens with one attached hydrogen (secondary N) is 1. The third-order valence-corrected chi connectivity index (χ3v) is 5.42. The normalized spacial score (nSPS) is 21.5. The first-order valence-electron chi connectivity index (χ1n) is 8.99. The van der Waals surface area contributed by atoms with E-state index in [9.17, 15) is 0 Å². The number of aromatic amines is 1. The van der Waals surface area contributed by atoms with E-state index in [0.29, 0.717) is 12.0 Å². The molecule has 130 valence electrons. The largest absolute Gasteiger partial charge is 0.354 e. The minimum Gasteiger partial charge on any atom is -0.354 e. The van der Waals surface area contributed by atoms with Crippen molar-refractivity contribution in [2.24, 2.45) is 5.92 Å². The first-order valence-corrected chi connectivity index (χ1v) is 8.99. The molecule has 3 aromatic rings. The number of likely N-dealkylation sites (N-methyl/N-ethyl adjacent to an activating group) is 1. The Labute approximate surface area is 148 Å². The Hall–Kier alpha value is -2.40. The second-order valence-electron chi connectivity index (χ2n) is 7.10. The monoisotopic (exact) mass is 335 g/mol. The molecule has 0 amide bonds. The van der Waals surface area contributed by atoms with Gasteiger partial charge in [0.25, 0.3) is 0 Å². The van der Waals surface area contributed by atoms with E-state index < -0.39 is 0 Å². The molecule has 2 atom stereocenters. The highest BCUT2D eigenvalue weighted by atomic mass is 15.3. The highest BCUT2D eigenvalue weighted by Gasteiger charge is 2.30. The van der Waals surface area contributed by atoms with Crippen LogP contribution < -0.4 is 4.90 Å². The van der Waals surface area contributed by atoms with Gasteiger partial charge in [-0.3, -0.25) is 4.90 Å². The van der Waals surface area contributed by atoms with Gasteiger partial charge in [-0.25, -0.2) is 9.97 Å². The zero-order valence-electron chi connectivity index (χ0n) is 14.9. The fourth-order valence-electron chi connectivity index (χ4n) is 3.90. The summed E-state index contributed by atoms with van der Waals surface area (Å²) < 4.78 is 0. The lowest BCUT2D eigenvalue weighted by Gasteiger charge is -2.42. The van der Waals surface area contributed by atoms with E-state index in [4.69, 9.17) is 0 Å². The summed E-state index contributed by atoms with van der Waals surface area (Å²) in [6, 6.07) is 13.3. The van der Waals surface area contributed by atoms with Crippen molar-refractivity contribution < 1.29 is 0 Å². The topological polar surface area (TPSA) is 48.1 Å². The summed E-state index contributed by atoms with van der Waals surface area (Å²) in [6.07, 6.45) is 4.80. The van der Waals surface area contributed by atoms with E-state index in [1.165, 1.54) is 12.0 Å². The van der Waals surface area contributed by atoms with E-state index in [1.54, 1.807) is 6.33 Å². The minimum absolute atomic E-state index is 0.450. The van der Waals surface area contributed by atoms with Crippen LogP contribution in [0.2, 0.25) is 0 Å². The third-order valence-electron chi connectivity index (χ3n) is 5.42. The molecule has 0 spiro atoms. The van der Waals surface area contributed by atoms with Crippen LogP contribution in [-0.2, 0) is 6.54 Å². The summed E-state index contributed by atoms with van der Waals surface area (Å²) in [6.45, 7) is 5.59. The molecule has 0 radical (unpaired) electrons. The van der Waals surface area contributed by atoms with Gasteiger partial charge in [-0.1, -0.05) is 37.3 Å². The third kappa shape index (κ3) is 3.24. The predicted molar refractivity (Wildman–Crippen MR) is 102 cm³/mol. The van der Waals surface area contributed by atoms with E-state index in [-0.39, 0.29) is 0 Å². The Morgan fingerprint density at radius 1 is 1.20 bits per heavy atom. The minimum atomic E-state index is 0.450. The number of benzene rings is 1. The number of H-pyrrole nitrogens is 1. The number of aromatic nitrogens is 3. The highest BCUT2D eigenvalue weighted by molar-refractivity contribution is 5.87. The van der Waals surface area contributed by atoms with Gasteiger partial charge in [0.15, 0.2) is 0 Å². The van der Waals surface area contributed by atoms with Crippen LogP contribution in [0.25, 0.3) is 11.0 Å². The molecule has 1 saturated heterocycles. The molecule has 1 aliphatic heterocycles. The zero-order chi connectivity index (χ0) is 17.2. The average molecular weight is 335 g/mol. The van der Waals surface area contributed by atoms with Crippen LogP contribution in [0, 0.1) is 5.92 Å². The molecule has 1 aromatic carbocycles. The first kappa shape index (κ1) is 16.1. The number of nitrogens with zero attached hydrogens (tertiary/aromatic N) is 4. The molecule has 1 fully saturated rings. The van der Waals surface area contributed by atoms with Crippen LogP contribution >= 0.6 is 0 Å². The molecule has 4 rings (SSSR count). The SMILES string of the molecule is C[C@H]1CCN(Cc2ccccc2)CC1N(C)c1ncnc2[nH]ccc12. The maximum Gasteiger partial charge on any atom is 0.142 e. The summed E-state index contributed by atoms with van der Waals surface area (Å²) in [7, 11) is 2.17. The molecule has 0 saturated carbocycles. The van der Waals surface area contributed by atoms with E-state index in [1.807, 2.05) is 6.20 Å². The van der Waals surface area contributed by atoms with Gasteiger partial charge in [0, 0.05) is 32.4 Å². The quantitative estimate of drug-likeness (QED) is 0.795. The number of fused-ring (bicyclic) bond motifs is 1. The van der Waals surface area contributed by atoms with Crippen molar-refractivity contribution in [3.05, 3.63) is 54.5 Å². The molecular weight excluding hydrogens is 310 g/mol. The van der Waals surface area contributed by atoms with Crippen LogP contribution in [-0.4, -0.2) is 46.0 Å². The number of piperidine rings is 1. The lowest BCUT2D eigenvalue weighted by molar-refractivity contribution is 0.159. The lowest BCUT2D eigenvalue weighted by Crippen LogP contribution is -2.50. The summed E-state index contributed by atoms with van der Waals surface area (Å²) in [4.78, 5) is 17.0. The van der Waals surface area contributed by atoms with Crippen molar-refractivity contribution in [1.29, 1.82) is 0 Å². The molecule has 5 nitrogen and oxygen atoms in total. The fourth-order valence-corrected chi connectivity index (χ4v) is 3.90. The van der Waals surface area contributed by atoms with Gasteiger partial charge in [0.05, 0.1) is 5.39 Å². The Bertz CT molecular complexity index is 828. The summed E-state index contributed by atoms with van der Waals surface area (Å²) in [5.41, 5.74) is 2.29. The summed E-state index contributed by atoms with van der Waals surface area (Å²) >= 11 is 0. The van der Waals surface area contributed by atoms with Crippen LogP contribution in [0.3, 0.4) is 0 Å². The average Bonchev–Trinajstić information content (AvgIpc) is 3.12. The second-order valence-corrected chi connectivity index (χ2v) is 7.10. The maximum absolute atomic E-state index is 4.57. The molecule has 2 aromatic heterocycles. The molecule has 1 aliphatic rings. The first-order chi connectivity index (χ1) is 12.2. The van der Waals surface area contributed by atoms with Gasteiger partial charge >= 0.3 is 0 Å². The molecule has 0 aliphatic carbocycles. The standard InChI is InChI=1S/C20H25N5/c1-15-9-11-25(12-16-6-4-3-5-7-16)13-18(15)24(2)20-17-8-10-21-19(17)22-14-23-20/h3-8,10,14-15,18H,9,11-13H2,1-2H3,(H,21,22,23)/t15-,18?/m0/s1. The zero-order valence-corrected chi connectivity index (χ0v) is 14.9. The van der Waals surface area contributed by atoms with Crippen molar-refractivity contribution in [3.8, 4) is 0 Å². The molecule has 0 bridgehead atoms. The second kappa shape index (κ2) is 6.84. The maximum atomic E-state index is 4.57. The smallest absolute Gasteiger partial charge is 0.142 e. The van der Waals surface area contributed by atoms with Crippen LogP contribution in [0.15, 0.2) is 48.9 Å². The Kier molecular flexibility index (Phi) is 4.40. The van der Waals surface area contributed by atoms with E-state index in [2.05, 4.69) is 75.1 Å². The van der Waals surface area contributed by atoms with Crippen LogP contribution in [0.4, 0.5) is 5.82 Å². The summed E-state index contributed by atoms with van der Waals surface area (Å²) in [5.74, 6) is 1.66. The van der Waals surface area contributed by atoms with Gasteiger partial charge in [-0.15, -0.1) is 0 Å². The summed E-state index contributed by atoms with van der Waals surface area (Å²) in [5, 5.41) is 1.09. The van der Waals surface area contributed by atoms with Gasteiger partial charge in [-0.2, -0.15) is 0 Å². The van der Waals surface area contributed by atoms with Crippen molar-refractivity contribution in [1.82, 2.24) is 19.9 Å². The molecular formula is C20H25N5. The molecule has 3 heterocycles. The number of hydrogen-bond donors (Lipinski definition) is 1. The van der Waals surface area contributed by atoms with Crippen molar-refractivity contribution in [2.75, 3.05) is 25.0 Å². The van der Waals surface area contributed by atoms with Gasteiger partial charge in [0.1, 0.15) is 17.8 Å². The number of rotatable bonds is 4. The van der Waals surface area contributed by atoms with Crippen molar-refractivity contribution >= 4 is 16.9 Å². The Balaban J connectivity index is 1.54. The number of hydrogen-bond acceptors (Lipinski definition) is 4. The van der Waals surface area contributed by atoms with E-state index in [0.717, 1.165) is 36.5 Å². The van der Waals surface area contributed by atoms with Crippen molar-refractivity contribution in [2.45, 2.75) is 25.9 Å². The lowest BCUT2D eigenvalue weighted by atomic mass is 9.92. The Morgan fingerprint density at radius 3 is 2.88 bits per heavy atom. The van der Waals surface area contributed by atoms with Crippen LogP contribution in [0.1, 0.15) is 18.9 Å². The molecule has 1 N–H and O–H groups in total. The highest BCUT2D eigenvalue weighted by Crippen LogP contribution is 2.29. The molecule has 5 heteroatoms. The molecule has 25 heavy (non-hydrogen) atoms. The predicted octanol–water partition coefficient (Wildman–Crippen LogP) is 3.30. The van der Waals surface area contributed by atoms with Crippen molar-refractivity contribution in [3.63, 3.8) is 0 Å². The van der Waals surface area contributed by atoms with Gasteiger partial charge in [-0.05, 0) is 30.5 Å². The van der Waals surface area contributed by atoms with Crippen LogP contribution in [0.5, 0.6) is 0 Å². The van der Waals surface area contributed by atoms with Gasteiger partial charge < -0.3 is 9.88 Å². The molecule has 1 unspecified atom stereocenters. The number of anilines is 1. The fraction of sp³-hybridized carbons (Fsp3) is 0.400. The van der Waals surface area contributed by atoms with Gasteiger partial charge in [0.2, 0.25) is 0 Å². The Morgan fingerprint density at radius 2 is 2.04 bits per heavy atom. The number of likely N-dealkylation sites (tertiary alicyclic amines) is 1.